The Morgan fingerprint density at radius 3 is 1.88 bits per heavy atom. The van der Waals surface area contributed by atoms with Gasteiger partial charge in [-0.15, -0.1) is 0 Å². The maximum Gasteiger partial charge on any atom is 0.0100 e. The number of hydrogen-bond acceptors (Lipinski definition) is 0. The first-order valence-corrected chi connectivity index (χ1v) is 15.0. The summed E-state index contributed by atoms with van der Waals surface area (Å²) in [6, 6.07) is 0. The fraction of sp³-hybridized carbons (Fsp3) is 1.00. The molecule has 0 bridgehead atoms. The van der Waals surface area contributed by atoms with Crippen molar-refractivity contribution in [3.63, 3.8) is 0 Å². The van der Waals surface area contributed by atoms with Crippen LogP contribution in [0.5, 0.6) is 0 Å². The summed E-state index contributed by atoms with van der Waals surface area (Å²) < 4.78 is 0. The van der Waals surface area contributed by atoms with Crippen LogP contribution in [0.3, 0.4) is 0 Å². The molecule has 2 heteroatoms. The lowest BCUT2D eigenvalue weighted by molar-refractivity contribution is 0.223. The minimum Gasteiger partial charge on any atom is -0.0716 e. The van der Waals surface area contributed by atoms with Gasteiger partial charge in [0.25, 0.3) is 0 Å². The molecule has 0 aromatic rings. The van der Waals surface area contributed by atoms with E-state index in [0.717, 1.165) is 63.8 Å². The van der Waals surface area contributed by atoms with Crippen LogP contribution in [0.4, 0.5) is 0 Å². The van der Waals surface area contributed by atoms with Gasteiger partial charge >= 0.3 is 0 Å². The van der Waals surface area contributed by atoms with Crippen molar-refractivity contribution in [1.29, 1.82) is 0 Å². The molecule has 5 rings (SSSR count). The van der Waals surface area contributed by atoms with E-state index in [0.29, 0.717) is 15.2 Å². The van der Waals surface area contributed by atoms with E-state index in [4.69, 9.17) is 0 Å². The minimum atomic E-state index is 0.390. The SMILES string of the molecule is CC(C)C1C2CCCP3C(C(C)C)P3C34C(C(C)C)C3(C21)C4C(C)C. The van der Waals surface area contributed by atoms with Gasteiger partial charge in [0.1, 0.15) is 0 Å². The summed E-state index contributed by atoms with van der Waals surface area (Å²) in [4.78, 5) is 0. The zero-order chi connectivity index (χ0) is 18.0. The molecule has 0 aromatic carbocycles. The highest BCUT2D eigenvalue weighted by Crippen LogP contribution is 3.18. The van der Waals surface area contributed by atoms with E-state index in [-0.39, 0.29) is 0 Å². The molecule has 2 aliphatic heterocycles. The third-order valence-corrected chi connectivity index (χ3v) is 19.5. The molecule has 0 aromatic heterocycles. The number of rotatable bonds is 4. The molecule has 0 N–H and O–H groups in total. The van der Waals surface area contributed by atoms with Gasteiger partial charge in [0, 0.05) is 10.6 Å². The molecule has 5 fully saturated rings. The third-order valence-electron chi connectivity index (χ3n) is 9.07. The molecule has 0 spiro atoms. The molecule has 25 heavy (non-hydrogen) atoms. The molecule has 0 nitrogen and oxygen atoms in total. The quantitative estimate of drug-likeness (QED) is 0.445. The first-order valence-electron chi connectivity index (χ1n) is 11.3. The van der Waals surface area contributed by atoms with Gasteiger partial charge in [-0.05, 0) is 77.7 Å². The Morgan fingerprint density at radius 2 is 1.40 bits per heavy atom. The van der Waals surface area contributed by atoms with Gasteiger partial charge in [-0.2, -0.15) is 0 Å². The summed E-state index contributed by atoms with van der Waals surface area (Å²) in [6.07, 6.45) is 4.84. The fourth-order valence-electron chi connectivity index (χ4n) is 9.05. The van der Waals surface area contributed by atoms with Crippen molar-refractivity contribution >= 4 is 15.2 Å². The van der Waals surface area contributed by atoms with Gasteiger partial charge < -0.3 is 0 Å². The normalized spacial score (nSPS) is 58.1. The van der Waals surface area contributed by atoms with Crippen LogP contribution in [0.25, 0.3) is 0 Å². The Balaban J connectivity index is 1.57. The molecule has 0 amide bonds. The van der Waals surface area contributed by atoms with E-state index < -0.39 is 0 Å². The second kappa shape index (κ2) is 5.26. The number of hydrogen-bond donors (Lipinski definition) is 0. The molecule has 3 saturated carbocycles. The zero-order valence-corrected chi connectivity index (χ0v) is 19.6. The lowest BCUT2D eigenvalue weighted by Gasteiger charge is -2.29. The molecular weight excluding hydrogens is 338 g/mol. The topological polar surface area (TPSA) is 0 Å². The lowest BCUT2D eigenvalue weighted by Crippen LogP contribution is -2.25. The molecule has 8 atom stereocenters. The maximum atomic E-state index is 2.58. The lowest BCUT2D eigenvalue weighted by atomic mass is 9.79. The smallest absolute Gasteiger partial charge is 0.0100 e. The highest BCUT2D eigenvalue weighted by molar-refractivity contribution is 8.47. The average Bonchev–Trinajstić information content (AvgIpc) is 3.33. The van der Waals surface area contributed by atoms with E-state index in [1.54, 1.807) is 19.0 Å². The van der Waals surface area contributed by atoms with E-state index in [9.17, 15) is 0 Å². The molecular formula is C23H40P2. The summed E-state index contributed by atoms with van der Waals surface area (Å²) in [5, 5.41) is 2.09. The van der Waals surface area contributed by atoms with Crippen LogP contribution in [0.2, 0.25) is 0 Å². The summed E-state index contributed by atoms with van der Waals surface area (Å²) in [5.74, 6) is 9.38. The van der Waals surface area contributed by atoms with Crippen molar-refractivity contribution in [3.8, 4) is 0 Å². The van der Waals surface area contributed by atoms with Crippen molar-refractivity contribution in [2.75, 3.05) is 6.16 Å². The van der Waals surface area contributed by atoms with Crippen LogP contribution in [0, 0.1) is 58.7 Å². The Labute approximate surface area is 159 Å². The molecule has 2 saturated heterocycles. The van der Waals surface area contributed by atoms with Gasteiger partial charge in [0.05, 0.1) is 0 Å². The summed E-state index contributed by atoms with van der Waals surface area (Å²) >= 11 is 0. The maximum absolute atomic E-state index is 2.58. The van der Waals surface area contributed by atoms with Crippen LogP contribution >= 0.6 is 15.2 Å². The van der Waals surface area contributed by atoms with Crippen molar-refractivity contribution in [2.45, 2.75) is 78.8 Å². The standard InChI is InChI=1S/C23H40P2/c1-12(2)17-16-10-9-11-24-21(15(7)8)25(24)23-19(13(3)4)22(23,18(16)17)20(23)14(5)6/h12-21H,9-11H2,1-8H3. The first kappa shape index (κ1) is 17.9. The van der Waals surface area contributed by atoms with E-state index in [1.165, 1.54) is 5.40 Å². The molecule has 142 valence electrons. The van der Waals surface area contributed by atoms with Crippen molar-refractivity contribution in [2.24, 2.45) is 58.7 Å². The third kappa shape index (κ3) is 1.85. The summed E-state index contributed by atoms with van der Waals surface area (Å²) in [6.45, 7) is 20.5. The van der Waals surface area contributed by atoms with Crippen LogP contribution in [0.1, 0.15) is 68.2 Å². The van der Waals surface area contributed by atoms with Crippen LogP contribution < -0.4 is 0 Å². The van der Waals surface area contributed by atoms with Crippen molar-refractivity contribution < 1.29 is 0 Å². The highest BCUT2D eigenvalue weighted by Gasteiger charge is 3.05. The minimum absolute atomic E-state index is 0.390. The first-order chi connectivity index (χ1) is 11.8. The van der Waals surface area contributed by atoms with Gasteiger partial charge in [0.15, 0.2) is 0 Å². The molecule has 3 aliphatic carbocycles. The summed E-state index contributed by atoms with van der Waals surface area (Å²) in [7, 11) is 0.826. The average molecular weight is 379 g/mol. The Kier molecular flexibility index (Phi) is 3.77. The second-order valence-electron chi connectivity index (χ2n) is 11.5. The highest BCUT2D eigenvalue weighted by atomic mass is 32.1. The Morgan fingerprint density at radius 1 is 0.800 bits per heavy atom. The Hall–Kier alpha value is 0.860. The van der Waals surface area contributed by atoms with Gasteiger partial charge in [-0.1, -0.05) is 70.6 Å². The summed E-state index contributed by atoms with van der Waals surface area (Å²) in [5.41, 5.74) is 0.842. The van der Waals surface area contributed by atoms with Crippen molar-refractivity contribution in [1.82, 2.24) is 0 Å². The molecule has 2 heterocycles. The van der Waals surface area contributed by atoms with E-state index in [2.05, 4.69) is 55.4 Å². The predicted molar refractivity (Wildman–Crippen MR) is 114 cm³/mol. The van der Waals surface area contributed by atoms with Crippen LogP contribution in [-0.2, 0) is 0 Å². The van der Waals surface area contributed by atoms with E-state index in [1.807, 2.05) is 0 Å². The second-order valence-corrected chi connectivity index (χ2v) is 18.6. The zero-order valence-electron chi connectivity index (χ0n) is 17.8. The van der Waals surface area contributed by atoms with E-state index >= 15 is 0 Å². The Bertz CT molecular complexity index is 519. The number of fused-ring (bicyclic) bond motifs is 2. The van der Waals surface area contributed by atoms with Gasteiger partial charge in [-0.3, -0.25) is 0 Å². The predicted octanol–water partition coefficient (Wildman–Crippen LogP) is 7.47. The molecule has 8 unspecified atom stereocenters. The monoisotopic (exact) mass is 378 g/mol. The molecule has 5 aliphatic rings. The van der Waals surface area contributed by atoms with Crippen LogP contribution in [-0.4, -0.2) is 16.7 Å². The van der Waals surface area contributed by atoms with Crippen LogP contribution in [0.15, 0.2) is 0 Å². The van der Waals surface area contributed by atoms with Gasteiger partial charge in [0.2, 0.25) is 0 Å². The fourth-order valence-corrected chi connectivity index (χ4v) is 23.5. The molecule has 0 radical (unpaired) electrons. The van der Waals surface area contributed by atoms with Crippen molar-refractivity contribution in [3.05, 3.63) is 0 Å². The largest absolute Gasteiger partial charge is 0.0716 e. The van der Waals surface area contributed by atoms with Gasteiger partial charge in [-0.25, -0.2) is 0 Å².